The molecule has 5 rings (SSSR count). The van der Waals surface area contributed by atoms with E-state index in [4.69, 9.17) is 9.47 Å². The van der Waals surface area contributed by atoms with Crippen LogP contribution >= 0.6 is 0 Å². The lowest BCUT2D eigenvalue weighted by molar-refractivity contribution is -0.137. The molecule has 7 nitrogen and oxygen atoms in total. The number of anilines is 2. The minimum Gasteiger partial charge on any atom is -0.364 e. The first-order valence-corrected chi connectivity index (χ1v) is 11.6. The Morgan fingerprint density at radius 1 is 1.25 bits per heavy atom. The Morgan fingerprint density at radius 3 is 2.58 bits per heavy atom. The number of aryl methyl sites for hydroxylation is 1. The van der Waals surface area contributed by atoms with Crippen molar-refractivity contribution in [3.63, 3.8) is 0 Å². The number of nitrogens with zero attached hydrogens (tertiary/aromatic N) is 3. The van der Waals surface area contributed by atoms with Gasteiger partial charge in [0.25, 0.3) is 5.91 Å². The first-order valence-electron chi connectivity index (χ1n) is 11.6. The zero-order valence-electron chi connectivity index (χ0n) is 20.9. The van der Waals surface area contributed by atoms with Gasteiger partial charge < -0.3 is 19.7 Å². The maximum Gasteiger partial charge on any atom is 0.306 e. The van der Waals surface area contributed by atoms with Crippen LogP contribution in [0.2, 0.25) is 0 Å². The minimum absolute atomic E-state index is 0.0706. The maximum absolute atomic E-state index is 15.4. The third-order valence-corrected chi connectivity index (χ3v) is 7.35. The molecule has 1 fully saturated rings. The minimum atomic E-state index is -3.48. The molecule has 3 heterocycles. The highest BCUT2D eigenvalue weighted by Gasteiger charge is 2.62. The first kappa shape index (κ1) is 24.5. The fraction of sp³-hybridized carbons (Fsp3) is 0.423. The first-order chi connectivity index (χ1) is 16.8. The van der Waals surface area contributed by atoms with Crippen LogP contribution in [0.25, 0.3) is 10.9 Å². The zero-order valence-corrected chi connectivity index (χ0v) is 20.9. The lowest BCUT2D eigenvalue weighted by atomic mass is 9.93. The molecule has 190 valence electrons. The number of carbonyl (C=O) groups is 1. The van der Waals surface area contributed by atoms with Gasteiger partial charge in [0.05, 0.1) is 29.4 Å². The van der Waals surface area contributed by atoms with Gasteiger partial charge in [-0.05, 0) is 45.9 Å². The SMILES string of the molecule is COC1(C)C(=O)N(C)c2cc3c(N[C@H](C)c4cccc(C(F)(F)C5(C)CO5)c4F)nc(C)nc3cc21. The fourth-order valence-corrected chi connectivity index (χ4v) is 4.78. The van der Waals surface area contributed by atoms with Crippen molar-refractivity contribution in [2.45, 2.75) is 50.9 Å². The number of hydrogen-bond donors (Lipinski definition) is 1. The van der Waals surface area contributed by atoms with Crippen LogP contribution in [-0.2, 0) is 25.8 Å². The number of nitrogens with one attached hydrogen (secondary N) is 1. The molecule has 2 unspecified atom stereocenters. The van der Waals surface area contributed by atoms with E-state index >= 15 is 4.39 Å². The molecule has 0 spiro atoms. The van der Waals surface area contributed by atoms with Crippen LogP contribution < -0.4 is 10.2 Å². The second kappa shape index (κ2) is 7.88. The maximum atomic E-state index is 15.4. The summed E-state index contributed by atoms with van der Waals surface area (Å²) in [4.78, 5) is 23.4. The number of alkyl halides is 2. The Balaban J connectivity index is 1.56. The number of halogens is 3. The lowest BCUT2D eigenvalue weighted by Crippen LogP contribution is -2.37. The molecule has 36 heavy (non-hydrogen) atoms. The molecule has 1 amide bonds. The normalized spacial score (nSPS) is 24.2. The highest BCUT2D eigenvalue weighted by molar-refractivity contribution is 6.09. The van der Waals surface area contributed by atoms with Crippen molar-refractivity contribution < 1.29 is 27.4 Å². The van der Waals surface area contributed by atoms with E-state index in [0.29, 0.717) is 33.8 Å². The third-order valence-electron chi connectivity index (χ3n) is 7.35. The van der Waals surface area contributed by atoms with Crippen molar-refractivity contribution in [3.05, 3.63) is 58.7 Å². The van der Waals surface area contributed by atoms with Gasteiger partial charge in [-0.15, -0.1) is 0 Å². The molecule has 1 aromatic heterocycles. The zero-order chi connectivity index (χ0) is 26.2. The van der Waals surface area contributed by atoms with Gasteiger partial charge in [-0.2, -0.15) is 8.78 Å². The Labute approximate surface area is 206 Å². The van der Waals surface area contributed by atoms with Gasteiger partial charge in [-0.25, -0.2) is 14.4 Å². The summed E-state index contributed by atoms with van der Waals surface area (Å²) in [6.45, 7) is 6.23. The number of methoxy groups -OCH3 is 1. The molecule has 10 heteroatoms. The molecule has 2 aromatic carbocycles. The van der Waals surface area contributed by atoms with Crippen molar-refractivity contribution in [2.24, 2.45) is 0 Å². The van der Waals surface area contributed by atoms with Gasteiger partial charge in [0.1, 0.15) is 17.5 Å². The summed E-state index contributed by atoms with van der Waals surface area (Å²) in [6, 6.07) is 6.83. The molecule has 0 radical (unpaired) electrons. The molecule has 0 aliphatic carbocycles. The fourth-order valence-electron chi connectivity index (χ4n) is 4.78. The van der Waals surface area contributed by atoms with Crippen molar-refractivity contribution >= 4 is 28.3 Å². The standard InChI is InChI=1S/C26H27F3N4O3/c1-13(15-8-7-9-17(21(15)27)26(28,29)24(3)12-36-24)30-22-16-10-20-18(11-19(16)31-14(2)32-22)25(4,35-6)23(34)33(20)5/h7-11,13H,12H2,1-6H3,(H,30,31,32)/t13-,24?,25?/m1/s1. The summed E-state index contributed by atoms with van der Waals surface area (Å²) in [5.74, 6) is -3.83. The Morgan fingerprint density at radius 2 is 1.94 bits per heavy atom. The monoisotopic (exact) mass is 500 g/mol. The Bertz CT molecular complexity index is 1410. The van der Waals surface area contributed by atoms with Gasteiger partial charge in [-0.1, -0.05) is 12.1 Å². The van der Waals surface area contributed by atoms with Crippen molar-refractivity contribution in [1.29, 1.82) is 0 Å². The summed E-state index contributed by atoms with van der Waals surface area (Å²) in [7, 11) is 3.14. The van der Waals surface area contributed by atoms with E-state index in [9.17, 15) is 13.6 Å². The number of epoxide rings is 1. The molecule has 0 bridgehead atoms. The predicted octanol–water partition coefficient (Wildman–Crippen LogP) is 4.97. The number of amides is 1. The van der Waals surface area contributed by atoms with Gasteiger partial charge >= 0.3 is 5.92 Å². The number of carbonyl (C=O) groups excluding carboxylic acids is 1. The quantitative estimate of drug-likeness (QED) is 0.482. The average molecular weight is 501 g/mol. The Hall–Kier alpha value is -3.24. The molecule has 1 saturated heterocycles. The number of aromatic nitrogens is 2. The number of fused-ring (bicyclic) bond motifs is 2. The van der Waals surface area contributed by atoms with Crippen LogP contribution in [0, 0.1) is 12.7 Å². The predicted molar refractivity (Wildman–Crippen MR) is 129 cm³/mol. The van der Waals surface area contributed by atoms with E-state index in [2.05, 4.69) is 15.3 Å². The Kier molecular flexibility index (Phi) is 5.35. The largest absolute Gasteiger partial charge is 0.364 e. The lowest BCUT2D eigenvalue weighted by Gasteiger charge is -2.24. The van der Waals surface area contributed by atoms with Crippen molar-refractivity contribution in [2.75, 3.05) is 31.0 Å². The number of ether oxygens (including phenoxy) is 2. The molecule has 3 atom stereocenters. The van der Waals surface area contributed by atoms with Crippen molar-refractivity contribution in [3.8, 4) is 0 Å². The number of benzene rings is 2. The number of likely N-dealkylation sites (N-methyl/N-ethyl adjacent to an activating group) is 1. The summed E-state index contributed by atoms with van der Waals surface area (Å²) in [5, 5.41) is 3.77. The second-order valence-corrected chi connectivity index (χ2v) is 9.78. The van der Waals surface area contributed by atoms with Gasteiger partial charge in [-0.3, -0.25) is 4.79 Å². The number of rotatable bonds is 6. The molecule has 0 saturated carbocycles. The summed E-state index contributed by atoms with van der Waals surface area (Å²) < 4.78 is 55.8. The third kappa shape index (κ3) is 3.38. The highest BCUT2D eigenvalue weighted by Crippen LogP contribution is 2.50. The van der Waals surface area contributed by atoms with E-state index in [0.717, 1.165) is 6.07 Å². The average Bonchev–Trinajstić information content (AvgIpc) is 3.57. The van der Waals surface area contributed by atoms with E-state index < -0.39 is 34.5 Å². The molecule has 1 N–H and O–H groups in total. The summed E-state index contributed by atoms with van der Waals surface area (Å²) in [5.41, 5.74) is -1.58. The molecule has 2 aliphatic heterocycles. The van der Waals surface area contributed by atoms with E-state index in [1.165, 1.54) is 31.1 Å². The highest BCUT2D eigenvalue weighted by atomic mass is 19.3. The second-order valence-electron chi connectivity index (χ2n) is 9.78. The van der Waals surface area contributed by atoms with Crippen molar-refractivity contribution in [1.82, 2.24) is 9.97 Å². The van der Waals surface area contributed by atoms with Crippen LogP contribution in [0.1, 0.15) is 49.3 Å². The topological polar surface area (TPSA) is 79.9 Å². The molecule has 2 aliphatic rings. The molecular formula is C26H27F3N4O3. The summed E-state index contributed by atoms with van der Waals surface area (Å²) in [6.07, 6.45) is 0. The van der Waals surface area contributed by atoms with Crippen LogP contribution in [0.3, 0.4) is 0 Å². The van der Waals surface area contributed by atoms with E-state index in [-0.39, 0.29) is 18.1 Å². The molecular weight excluding hydrogens is 473 g/mol. The smallest absolute Gasteiger partial charge is 0.306 e. The summed E-state index contributed by atoms with van der Waals surface area (Å²) >= 11 is 0. The van der Waals surface area contributed by atoms with Gasteiger partial charge in [0.15, 0.2) is 11.2 Å². The molecule has 3 aromatic rings. The van der Waals surface area contributed by atoms with Gasteiger partial charge in [0, 0.05) is 30.7 Å². The number of hydrogen-bond acceptors (Lipinski definition) is 6. The van der Waals surface area contributed by atoms with Crippen LogP contribution in [0.4, 0.5) is 24.7 Å². The van der Waals surface area contributed by atoms with Gasteiger partial charge in [0.2, 0.25) is 0 Å². The van der Waals surface area contributed by atoms with Crippen LogP contribution in [0.15, 0.2) is 30.3 Å². The van der Waals surface area contributed by atoms with Crippen LogP contribution in [-0.4, -0.2) is 42.2 Å². The van der Waals surface area contributed by atoms with Crippen LogP contribution in [0.5, 0.6) is 0 Å². The van der Waals surface area contributed by atoms with E-state index in [1.807, 2.05) is 0 Å². The van der Waals surface area contributed by atoms with E-state index in [1.54, 1.807) is 40.0 Å².